The Balaban J connectivity index is 2.25. The molecular formula is C18H17F3N2O2S. The second kappa shape index (κ2) is 5.84. The second-order valence-electron chi connectivity index (χ2n) is 6.97. The largest absolute Gasteiger partial charge is 0.450 e. The van der Waals surface area contributed by atoms with Gasteiger partial charge in [0.2, 0.25) is 5.82 Å². The van der Waals surface area contributed by atoms with Gasteiger partial charge < -0.3 is 0 Å². The predicted octanol–water partition coefficient (Wildman–Crippen LogP) is 4.59. The van der Waals surface area contributed by atoms with E-state index >= 15 is 0 Å². The molecular weight excluding hydrogens is 365 g/mol. The molecule has 0 atom stereocenters. The van der Waals surface area contributed by atoms with Crippen molar-refractivity contribution in [3.8, 4) is 0 Å². The highest BCUT2D eigenvalue weighted by Gasteiger charge is 2.41. The lowest BCUT2D eigenvalue weighted by molar-refractivity contribution is -0.145. The van der Waals surface area contributed by atoms with Gasteiger partial charge in [-0.3, -0.25) is 0 Å². The fourth-order valence-corrected chi connectivity index (χ4v) is 4.13. The molecule has 1 aromatic heterocycles. The van der Waals surface area contributed by atoms with Crippen LogP contribution in [0.4, 0.5) is 13.2 Å². The van der Waals surface area contributed by atoms with E-state index in [1.165, 1.54) is 36.4 Å². The van der Waals surface area contributed by atoms with Crippen LogP contribution in [0.3, 0.4) is 0 Å². The Morgan fingerprint density at radius 1 is 0.923 bits per heavy atom. The van der Waals surface area contributed by atoms with E-state index in [4.69, 9.17) is 0 Å². The topological polar surface area (TPSA) is 52.0 Å². The van der Waals surface area contributed by atoms with Crippen LogP contribution >= 0.6 is 0 Å². The van der Waals surface area contributed by atoms with Crippen molar-refractivity contribution in [3.63, 3.8) is 0 Å². The number of alkyl halides is 3. The summed E-state index contributed by atoms with van der Waals surface area (Å²) in [6, 6.07) is 11.5. The van der Waals surface area contributed by atoms with Gasteiger partial charge >= 0.3 is 6.18 Å². The molecule has 0 aliphatic rings. The molecule has 0 radical (unpaired) electrons. The quantitative estimate of drug-likeness (QED) is 0.651. The highest BCUT2D eigenvalue weighted by Crippen LogP contribution is 2.34. The molecule has 4 nitrogen and oxygen atoms in total. The Hall–Kier alpha value is -2.35. The fourth-order valence-electron chi connectivity index (χ4n) is 2.66. The van der Waals surface area contributed by atoms with Gasteiger partial charge in [-0.2, -0.15) is 13.2 Å². The average Bonchev–Trinajstić information content (AvgIpc) is 2.94. The molecule has 8 heteroatoms. The second-order valence-corrected chi connectivity index (χ2v) is 8.75. The van der Waals surface area contributed by atoms with Crippen molar-refractivity contribution in [2.75, 3.05) is 0 Å². The molecule has 2 aromatic carbocycles. The van der Waals surface area contributed by atoms with Crippen LogP contribution < -0.4 is 0 Å². The number of hydrogen-bond acceptors (Lipinski definition) is 3. The number of imidazole rings is 1. The maximum atomic E-state index is 13.4. The number of rotatable bonds is 2. The minimum atomic E-state index is -4.91. The maximum Gasteiger partial charge on any atom is 0.450 e. The van der Waals surface area contributed by atoms with Crippen LogP contribution in [0.2, 0.25) is 0 Å². The summed E-state index contributed by atoms with van der Waals surface area (Å²) in [7, 11) is -4.46. The van der Waals surface area contributed by atoms with Gasteiger partial charge in [0.25, 0.3) is 10.0 Å². The van der Waals surface area contributed by atoms with Crippen molar-refractivity contribution in [2.45, 2.75) is 37.3 Å². The van der Waals surface area contributed by atoms with Crippen molar-refractivity contribution >= 4 is 21.1 Å². The van der Waals surface area contributed by atoms with Crippen molar-refractivity contribution in [3.05, 3.63) is 59.9 Å². The zero-order chi connectivity index (χ0) is 19.3. The van der Waals surface area contributed by atoms with Crippen molar-refractivity contribution in [1.29, 1.82) is 0 Å². The third-order valence-electron chi connectivity index (χ3n) is 4.03. The van der Waals surface area contributed by atoms with E-state index in [1.807, 2.05) is 20.8 Å². The number of halogens is 3. The third kappa shape index (κ3) is 3.09. The van der Waals surface area contributed by atoms with Crippen molar-refractivity contribution in [1.82, 2.24) is 8.96 Å². The van der Waals surface area contributed by atoms with Gasteiger partial charge in [-0.25, -0.2) is 17.4 Å². The zero-order valence-electron chi connectivity index (χ0n) is 14.4. The molecule has 0 unspecified atom stereocenters. The van der Waals surface area contributed by atoms with Gasteiger partial charge in [0.15, 0.2) is 0 Å². The summed E-state index contributed by atoms with van der Waals surface area (Å²) >= 11 is 0. The van der Waals surface area contributed by atoms with Crippen LogP contribution in [-0.2, 0) is 21.6 Å². The summed E-state index contributed by atoms with van der Waals surface area (Å²) in [5.41, 5.74) is 0.527. The molecule has 0 spiro atoms. The maximum absolute atomic E-state index is 13.4. The lowest BCUT2D eigenvalue weighted by Gasteiger charge is -2.19. The number of hydrogen-bond donors (Lipinski definition) is 0. The summed E-state index contributed by atoms with van der Waals surface area (Å²) in [5, 5.41) is 0. The lowest BCUT2D eigenvalue weighted by atomic mass is 9.87. The molecule has 3 rings (SSSR count). The van der Waals surface area contributed by atoms with Gasteiger partial charge in [-0.1, -0.05) is 45.0 Å². The van der Waals surface area contributed by atoms with E-state index in [2.05, 4.69) is 4.98 Å². The Morgan fingerprint density at radius 2 is 1.50 bits per heavy atom. The van der Waals surface area contributed by atoms with E-state index in [1.54, 1.807) is 12.1 Å². The number of nitrogens with zero attached hydrogens (tertiary/aromatic N) is 2. The zero-order valence-corrected chi connectivity index (χ0v) is 15.2. The summed E-state index contributed by atoms with van der Waals surface area (Å²) in [5.74, 6) is -1.46. The van der Waals surface area contributed by atoms with Gasteiger partial charge in [0, 0.05) is 0 Å². The van der Waals surface area contributed by atoms with Crippen molar-refractivity contribution in [2.24, 2.45) is 0 Å². The van der Waals surface area contributed by atoms with Crippen LogP contribution in [0, 0.1) is 0 Å². The van der Waals surface area contributed by atoms with Crippen LogP contribution in [0.1, 0.15) is 32.2 Å². The molecule has 26 heavy (non-hydrogen) atoms. The minimum Gasteiger partial charge on any atom is -0.223 e. The van der Waals surface area contributed by atoms with E-state index < -0.39 is 22.0 Å². The normalized spacial score (nSPS) is 13.3. The summed E-state index contributed by atoms with van der Waals surface area (Å²) < 4.78 is 66.4. The van der Waals surface area contributed by atoms with Crippen LogP contribution in [-0.4, -0.2) is 17.4 Å². The van der Waals surface area contributed by atoms with E-state index in [-0.39, 0.29) is 25.3 Å². The first-order chi connectivity index (χ1) is 11.9. The predicted molar refractivity (Wildman–Crippen MR) is 92.5 cm³/mol. The molecule has 0 amide bonds. The number of benzene rings is 2. The van der Waals surface area contributed by atoms with E-state index in [9.17, 15) is 21.6 Å². The number of para-hydroxylation sites is 2. The molecule has 3 aromatic rings. The SMILES string of the molecule is CC(C)(C)c1ccc(S(=O)(=O)n2c(C(F)(F)F)nc3ccccc32)cc1. The molecule has 0 aliphatic heterocycles. The number of fused-ring (bicyclic) bond motifs is 1. The highest BCUT2D eigenvalue weighted by atomic mass is 32.2. The van der Waals surface area contributed by atoms with Gasteiger partial charge in [-0.05, 0) is 35.2 Å². The van der Waals surface area contributed by atoms with Gasteiger partial charge in [-0.15, -0.1) is 0 Å². The molecule has 0 fully saturated rings. The molecule has 0 saturated heterocycles. The van der Waals surface area contributed by atoms with Gasteiger partial charge in [0.05, 0.1) is 15.9 Å². The smallest absolute Gasteiger partial charge is 0.223 e. The van der Waals surface area contributed by atoms with E-state index in [0.717, 1.165) is 5.56 Å². The van der Waals surface area contributed by atoms with Crippen LogP contribution in [0.5, 0.6) is 0 Å². The summed E-state index contributed by atoms with van der Waals surface area (Å²) in [6.07, 6.45) is -4.91. The Kier molecular flexibility index (Phi) is 4.14. The first kappa shape index (κ1) is 18.4. The molecule has 0 N–H and O–H groups in total. The Morgan fingerprint density at radius 3 is 2.04 bits per heavy atom. The van der Waals surface area contributed by atoms with Crippen molar-refractivity contribution < 1.29 is 21.6 Å². The number of aromatic nitrogens is 2. The van der Waals surface area contributed by atoms with E-state index in [0.29, 0.717) is 0 Å². The van der Waals surface area contributed by atoms with Crippen LogP contribution in [0.25, 0.3) is 11.0 Å². The fraction of sp³-hybridized carbons (Fsp3) is 0.278. The standard InChI is InChI=1S/C18H17F3N2O2S/c1-17(2,3)12-8-10-13(11-9-12)26(24,25)23-15-7-5-4-6-14(15)22-16(23)18(19,20)21/h4-11H,1-3H3. The molecule has 0 saturated carbocycles. The third-order valence-corrected chi connectivity index (χ3v) is 5.75. The Labute approximate surface area is 149 Å². The molecule has 1 heterocycles. The van der Waals surface area contributed by atoms with Gasteiger partial charge in [0.1, 0.15) is 0 Å². The Bertz CT molecular complexity index is 1060. The molecule has 0 bridgehead atoms. The minimum absolute atomic E-state index is 0.0327. The monoisotopic (exact) mass is 382 g/mol. The molecule has 0 aliphatic carbocycles. The molecule has 138 valence electrons. The first-order valence-corrected chi connectivity index (χ1v) is 9.27. The summed E-state index contributed by atoms with van der Waals surface area (Å²) in [6.45, 7) is 5.88. The highest BCUT2D eigenvalue weighted by molar-refractivity contribution is 7.90. The van der Waals surface area contributed by atoms with Crippen LogP contribution in [0.15, 0.2) is 53.4 Å². The lowest BCUT2D eigenvalue weighted by Crippen LogP contribution is -2.22. The first-order valence-electron chi connectivity index (χ1n) is 7.83. The average molecular weight is 382 g/mol. The summed E-state index contributed by atoms with van der Waals surface area (Å²) in [4.78, 5) is 3.27.